The van der Waals surface area contributed by atoms with Gasteiger partial charge in [0.1, 0.15) is 0 Å². The highest BCUT2D eigenvalue weighted by atomic mass is 79.9. The van der Waals surface area contributed by atoms with E-state index in [0.717, 1.165) is 10.0 Å². The number of hydrogen-bond acceptors (Lipinski definition) is 6. The molecule has 0 saturated carbocycles. The molecule has 0 saturated heterocycles. The number of anilines is 2. The summed E-state index contributed by atoms with van der Waals surface area (Å²) in [5.41, 5.74) is 1.89. The minimum Gasteiger partial charge on any atom is -0.456 e. The number of rotatable bonds is 8. The van der Waals surface area contributed by atoms with Gasteiger partial charge >= 0.3 is 5.97 Å². The molecule has 0 aromatic heterocycles. The minimum absolute atomic E-state index is 0.0212. The SMILES string of the molecule is CC(=O)Nc1ccc(S(=O)(=O)CCC(=O)OCC(=O)Nc2ccc(Br)cc2C)cc1. The Balaban J connectivity index is 1.83. The Kier molecular flexibility index (Phi) is 8.13. The summed E-state index contributed by atoms with van der Waals surface area (Å²) in [6.07, 6.45) is -0.389. The average molecular weight is 497 g/mol. The second kappa shape index (κ2) is 10.4. The standard InChI is InChI=1S/C20H21BrN2O6S/c1-13-11-15(21)3-8-18(13)23-19(25)12-29-20(26)9-10-30(27,28)17-6-4-16(5-7-17)22-14(2)24/h3-8,11H,9-10,12H2,1-2H3,(H,22,24)(H,23,25). The lowest BCUT2D eigenvalue weighted by Gasteiger charge is -2.10. The number of amides is 2. The lowest BCUT2D eigenvalue weighted by molar-refractivity contribution is -0.146. The monoisotopic (exact) mass is 496 g/mol. The number of aryl methyl sites for hydroxylation is 1. The Bertz CT molecular complexity index is 1050. The lowest BCUT2D eigenvalue weighted by atomic mass is 10.2. The van der Waals surface area contributed by atoms with Crippen LogP contribution in [0.1, 0.15) is 18.9 Å². The molecule has 10 heteroatoms. The van der Waals surface area contributed by atoms with Gasteiger partial charge in [-0.15, -0.1) is 0 Å². The number of ether oxygens (including phenoxy) is 1. The summed E-state index contributed by atoms with van der Waals surface area (Å²) < 4.78 is 30.4. The Morgan fingerprint density at radius 2 is 1.70 bits per heavy atom. The molecule has 0 heterocycles. The molecule has 2 aromatic carbocycles. The number of carbonyl (C=O) groups excluding carboxylic acids is 3. The van der Waals surface area contributed by atoms with Crippen molar-refractivity contribution in [2.45, 2.75) is 25.2 Å². The zero-order chi connectivity index (χ0) is 22.3. The van der Waals surface area contributed by atoms with E-state index in [1.807, 2.05) is 13.0 Å². The van der Waals surface area contributed by atoms with Gasteiger partial charge in [0, 0.05) is 22.8 Å². The number of carbonyl (C=O) groups is 3. The fourth-order valence-corrected chi connectivity index (χ4v) is 4.15. The molecule has 30 heavy (non-hydrogen) atoms. The molecule has 2 aromatic rings. The number of hydrogen-bond donors (Lipinski definition) is 2. The van der Waals surface area contributed by atoms with Crippen LogP contribution in [-0.4, -0.2) is 38.6 Å². The van der Waals surface area contributed by atoms with Crippen LogP contribution in [0.2, 0.25) is 0 Å². The van der Waals surface area contributed by atoms with Gasteiger partial charge in [-0.05, 0) is 55.0 Å². The first-order chi connectivity index (χ1) is 14.1. The van der Waals surface area contributed by atoms with E-state index in [-0.39, 0.29) is 17.2 Å². The van der Waals surface area contributed by atoms with Gasteiger partial charge in [0.05, 0.1) is 17.1 Å². The van der Waals surface area contributed by atoms with Gasteiger partial charge in [-0.2, -0.15) is 0 Å². The van der Waals surface area contributed by atoms with Crippen LogP contribution >= 0.6 is 15.9 Å². The Labute approximate surface area is 183 Å². The van der Waals surface area contributed by atoms with Gasteiger partial charge in [0.25, 0.3) is 5.91 Å². The van der Waals surface area contributed by atoms with Crippen molar-refractivity contribution in [2.24, 2.45) is 0 Å². The summed E-state index contributed by atoms with van der Waals surface area (Å²) in [7, 11) is -3.72. The fourth-order valence-electron chi connectivity index (χ4n) is 2.46. The van der Waals surface area contributed by atoms with E-state index in [0.29, 0.717) is 11.4 Å². The van der Waals surface area contributed by atoms with Crippen LogP contribution in [0.5, 0.6) is 0 Å². The van der Waals surface area contributed by atoms with Crippen molar-refractivity contribution >= 4 is 54.9 Å². The summed E-state index contributed by atoms with van der Waals surface area (Å²) >= 11 is 3.33. The van der Waals surface area contributed by atoms with Crippen LogP contribution < -0.4 is 10.6 Å². The van der Waals surface area contributed by atoms with Crippen molar-refractivity contribution in [3.05, 3.63) is 52.5 Å². The van der Waals surface area contributed by atoms with Gasteiger partial charge in [-0.25, -0.2) is 8.42 Å². The molecule has 2 N–H and O–H groups in total. The number of nitrogens with one attached hydrogen (secondary N) is 2. The second-order valence-electron chi connectivity index (χ2n) is 6.44. The van der Waals surface area contributed by atoms with Gasteiger partial charge < -0.3 is 15.4 Å². The predicted octanol–water partition coefficient (Wildman–Crippen LogP) is 3.06. The van der Waals surface area contributed by atoms with Gasteiger partial charge in [0.2, 0.25) is 5.91 Å². The number of sulfone groups is 1. The topological polar surface area (TPSA) is 119 Å². The quantitative estimate of drug-likeness (QED) is 0.542. The third-order valence-corrected chi connectivity index (χ3v) is 6.16. The maximum atomic E-state index is 12.3. The molecular formula is C20H21BrN2O6S. The molecule has 0 bridgehead atoms. The van der Waals surface area contributed by atoms with Crippen molar-refractivity contribution in [2.75, 3.05) is 23.0 Å². The first-order valence-corrected chi connectivity index (χ1v) is 11.3. The van der Waals surface area contributed by atoms with E-state index in [1.54, 1.807) is 12.1 Å². The third kappa shape index (κ3) is 7.27. The lowest BCUT2D eigenvalue weighted by Crippen LogP contribution is -2.22. The molecule has 0 unspecified atom stereocenters. The highest BCUT2D eigenvalue weighted by Gasteiger charge is 2.18. The smallest absolute Gasteiger partial charge is 0.307 e. The summed E-state index contributed by atoms with van der Waals surface area (Å²) in [4.78, 5) is 34.8. The highest BCUT2D eigenvalue weighted by molar-refractivity contribution is 9.10. The molecule has 0 radical (unpaired) electrons. The van der Waals surface area contributed by atoms with E-state index in [9.17, 15) is 22.8 Å². The first-order valence-electron chi connectivity index (χ1n) is 8.89. The van der Waals surface area contributed by atoms with Crippen LogP contribution in [0.25, 0.3) is 0 Å². The Morgan fingerprint density at radius 1 is 1.03 bits per heavy atom. The van der Waals surface area contributed by atoms with Crippen molar-refractivity contribution in [1.29, 1.82) is 0 Å². The molecule has 0 aliphatic heterocycles. The molecular weight excluding hydrogens is 476 g/mol. The van der Waals surface area contributed by atoms with E-state index in [2.05, 4.69) is 26.6 Å². The van der Waals surface area contributed by atoms with Gasteiger partial charge in [-0.1, -0.05) is 15.9 Å². The molecule has 2 rings (SSSR count). The molecule has 0 aliphatic carbocycles. The van der Waals surface area contributed by atoms with Crippen LogP contribution in [0.15, 0.2) is 51.8 Å². The second-order valence-corrected chi connectivity index (χ2v) is 9.47. The van der Waals surface area contributed by atoms with Crippen molar-refractivity contribution in [3.8, 4) is 0 Å². The molecule has 0 fully saturated rings. The molecule has 2 amide bonds. The maximum absolute atomic E-state index is 12.3. The molecule has 160 valence electrons. The number of halogens is 1. The Hall–Kier alpha value is -2.72. The van der Waals surface area contributed by atoms with Gasteiger partial charge in [0.15, 0.2) is 16.4 Å². The first kappa shape index (κ1) is 23.6. The normalized spacial score (nSPS) is 10.9. The molecule has 0 aliphatic rings. The van der Waals surface area contributed by atoms with E-state index < -0.39 is 34.1 Å². The minimum atomic E-state index is -3.72. The Morgan fingerprint density at radius 3 is 2.30 bits per heavy atom. The fraction of sp³-hybridized carbons (Fsp3) is 0.250. The summed E-state index contributed by atoms with van der Waals surface area (Å²) in [6, 6.07) is 10.9. The summed E-state index contributed by atoms with van der Waals surface area (Å²) in [6.45, 7) is 2.65. The number of benzene rings is 2. The van der Waals surface area contributed by atoms with Crippen molar-refractivity contribution in [3.63, 3.8) is 0 Å². The molecule has 0 spiro atoms. The predicted molar refractivity (Wildman–Crippen MR) is 116 cm³/mol. The zero-order valence-electron chi connectivity index (χ0n) is 16.4. The van der Waals surface area contributed by atoms with Crippen LogP contribution in [0, 0.1) is 6.92 Å². The van der Waals surface area contributed by atoms with E-state index >= 15 is 0 Å². The van der Waals surface area contributed by atoms with Crippen LogP contribution in [-0.2, 0) is 29.0 Å². The highest BCUT2D eigenvalue weighted by Crippen LogP contribution is 2.20. The average Bonchev–Trinajstić information content (AvgIpc) is 2.67. The zero-order valence-corrected chi connectivity index (χ0v) is 18.8. The third-order valence-electron chi connectivity index (χ3n) is 3.94. The molecule has 8 nitrogen and oxygen atoms in total. The number of esters is 1. The van der Waals surface area contributed by atoms with Crippen molar-refractivity contribution < 1.29 is 27.5 Å². The van der Waals surface area contributed by atoms with Crippen LogP contribution in [0.3, 0.4) is 0 Å². The maximum Gasteiger partial charge on any atom is 0.307 e. The summed E-state index contributed by atoms with van der Waals surface area (Å²) in [5.74, 6) is -2.05. The van der Waals surface area contributed by atoms with Gasteiger partial charge in [-0.3, -0.25) is 14.4 Å². The summed E-state index contributed by atoms with van der Waals surface area (Å²) in [5, 5.41) is 5.16. The van der Waals surface area contributed by atoms with Crippen LogP contribution in [0.4, 0.5) is 11.4 Å². The largest absolute Gasteiger partial charge is 0.456 e. The van der Waals surface area contributed by atoms with Crippen molar-refractivity contribution in [1.82, 2.24) is 0 Å². The van der Waals surface area contributed by atoms with E-state index in [1.165, 1.54) is 31.2 Å². The van der Waals surface area contributed by atoms with E-state index in [4.69, 9.17) is 4.74 Å². The molecule has 0 atom stereocenters.